The fraction of sp³-hybridized carbons (Fsp3) is 0.333. The van der Waals surface area contributed by atoms with Gasteiger partial charge in [0.2, 0.25) is 17.7 Å². The second-order valence-electron chi connectivity index (χ2n) is 11.9. The Hall–Kier alpha value is -4.30. The molecule has 0 unspecified atom stereocenters. The lowest BCUT2D eigenvalue weighted by Gasteiger charge is -2.31. The van der Waals surface area contributed by atoms with E-state index in [1.54, 1.807) is 29.2 Å². The van der Waals surface area contributed by atoms with Gasteiger partial charge in [-0.05, 0) is 48.6 Å². The minimum atomic E-state index is -1.43. The summed E-state index contributed by atoms with van der Waals surface area (Å²) in [6.45, 7) is 4.55. The summed E-state index contributed by atoms with van der Waals surface area (Å²) in [4.78, 5) is 61.1. The monoisotopic (exact) mass is 548 g/mol. The number of para-hydroxylation sites is 3. The Morgan fingerprint density at radius 2 is 1.59 bits per heavy atom. The van der Waals surface area contributed by atoms with E-state index in [1.165, 1.54) is 9.80 Å². The molecular weight excluding hydrogens is 516 g/mol. The average molecular weight is 549 g/mol. The van der Waals surface area contributed by atoms with Crippen molar-refractivity contribution in [2.75, 3.05) is 27.8 Å². The summed E-state index contributed by atoms with van der Waals surface area (Å²) in [5.41, 5.74) is 2.32. The molecule has 2 fully saturated rings. The molecule has 0 radical (unpaired) electrons. The molecule has 1 spiro atoms. The van der Waals surface area contributed by atoms with Crippen LogP contribution in [0.2, 0.25) is 0 Å². The maximum Gasteiger partial charge on any atom is 0.253 e. The highest BCUT2D eigenvalue weighted by Gasteiger charge is 2.71. The minimum absolute atomic E-state index is 0.148. The Labute approximate surface area is 238 Å². The summed E-state index contributed by atoms with van der Waals surface area (Å²) in [5, 5.41) is 3.54. The normalized spacial score (nSPS) is 26.4. The van der Waals surface area contributed by atoms with Gasteiger partial charge in [-0.3, -0.25) is 24.5 Å². The number of nitrogens with one attached hydrogen (secondary N) is 1. The number of hydrogen-bond donors (Lipinski definition) is 1. The summed E-state index contributed by atoms with van der Waals surface area (Å²) in [7, 11) is 0. The summed E-state index contributed by atoms with van der Waals surface area (Å²) in [6, 6.07) is 23.7. The van der Waals surface area contributed by atoms with E-state index in [1.807, 2.05) is 54.6 Å². The van der Waals surface area contributed by atoms with Crippen LogP contribution in [-0.2, 0) is 31.1 Å². The number of carbonyl (C=O) groups is 4. The van der Waals surface area contributed by atoms with Crippen LogP contribution in [0.3, 0.4) is 0 Å². The zero-order valence-electron chi connectivity index (χ0n) is 23.1. The number of rotatable bonds is 5. The Morgan fingerprint density at radius 1 is 0.902 bits per heavy atom. The molecule has 0 bridgehead atoms. The van der Waals surface area contributed by atoms with E-state index < -0.39 is 17.4 Å². The van der Waals surface area contributed by atoms with Gasteiger partial charge in [0.05, 0.1) is 17.5 Å². The highest BCUT2D eigenvalue weighted by atomic mass is 16.2. The van der Waals surface area contributed by atoms with Crippen LogP contribution in [0, 0.1) is 17.8 Å². The van der Waals surface area contributed by atoms with Gasteiger partial charge in [-0.25, -0.2) is 4.90 Å². The number of anilines is 3. The number of fused-ring (bicyclic) bond motifs is 5. The molecule has 208 valence electrons. The summed E-state index contributed by atoms with van der Waals surface area (Å²) >= 11 is 0. The van der Waals surface area contributed by atoms with Crippen molar-refractivity contribution >= 4 is 40.7 Å². The van der Waals surface area contributed by atoms with Gasteiger partial charge in [0, 0.05) is 29.5 Å². The minimum Gasteiger partial charge on any atom is -0.310 e. The summed E-state index contributed by atoms with van der Waals surface area (Å²) < 4.78 is 0. The quantitative estimate of drug-likeness (QED) is 0.492. The van der Waals surface area contributed by atoms with Gasteiger partial charge in [0.1, 0.15) is 12.1 Å². The smallest absolute Gasteiger partial charge is 0.253 e. The van der Waals surface area contributed by atoms with E-state index in [4.69, 9.17) is 0 Å². The lowest BCUT2D eigenvalue weighted by Crippen LogP contribution is -2.56. The van der Waals surface area contributed by atoms with Crippen LogP contribution in [0.4, 0.5) is 17.1 Å². The number of carbonyl (C=O) groups excluding carboxylic acids is 4. The predicted octanol–water partition coefficient (Wildman–Crippen LogP) is 3.64. The highest BCUT2D eigenvalue weighted by molar-refractivity contribution is 6.26. The first-order valence-corrected chi connectivity index (χ1v) is 14.3. The van der Waals surface area contributed by atoms with Gasteiger partial charge in [-0.15, -0.1) is 0 Å². The zero-order valence-corrected chi connectivity index (χ0v) is 23.1. The molecule has 7 rings (SSSR count). The number of benzene rings is 3. The summed E-state index contributed by atoms with van der Waals surface area (Å²) in [5.74, 6) is -2.57. The van der Waals surface area contributed by atoms with Crippen LogP contribution in [0.5, 0.6) is 0 Å². The van der Waals surface area contributed by atoms with Crippen molar-refractivity contribution in [1.29, 1.82) is 0 Å². The van der Waals surface area contributed by atoms with E-state index in [0.717, 1.165) is 17.7 Å². The van der Waals surface area contributed by atoms with Gasteiger partial charge in [-0.2, -0.15) is 0 Å². The number of nitrogens with zero attached hydrogens (tertiary/aromatic N) is 3. The molecule has 3 aromatic carbocycles. The van der Waals surface area contributed by atoms with Crippen molar-refractivity contribution in [3.8, 4) is 0 Å². The van der Waals surface area contributed by atoms with E-state index in [2.05, 4.69) is 19.2 Å². The topological polar surface area (TPSA) is 90.0 Å². The summed E-state index contributed by atoms with van der Waals surface area (Å²) in [6.07, 6.45) is 1.40. The first kappa shape index (κ1) is 25.7. The molecule has 0 aromatic heterocycles. The first-order chi connectivity index (χ1) is 19.8. The van der Waals surface area contributed by atoms with Crippen molar-refractivity contribution in [1.82, 2.24) is 5.32 Å². The fourth-order valence-electron chi connectivity index (χ4n) is 7.46. The largest absolute Gasteiger partial charge is 0.310 e. The Balaban J connectivity index is 1.30. The maximum absolute atomic E-state index is 14.7. The van der Waals surface area contributed by atoms with E-state index in [-0.39, 0.29) is 42.1 Å². The molecule has 0 saturated carbocycles. The molecule has 0 aliphatic carbocycles. The Morgan fingerprint density at radius 3 is 2.34 bits per heavy atom. The van der Waals surface area contributed by atoms with Crippen molar-refractivity contribution in [2.45, 2.75) is 38.3 Å². The van der Waals surface area contributed by atoms with Crippen LogP contribution in [0.15, 0.2) is 78.9 Å². The van der Waals surface area contributed by atoms with Crippen molar-refractivity contribution in [2.24, 2.45) is 17.8 Å². The van der Waals surface area contributed by atoms with Crippen LogP contribution in [-0.4, -0.2) is 42.8 Å². The molecule has 4 aliphatic heterocycles. The van der Waals surface area contributed by atoms with Crippen LogP contribution < -0.4 is 20.0 Å². The Bertz CT molecular complexity index is 1590. The molecule has 8 heteroatoms. The molecule has 8 nitrogen and oxygen atoms in total. The fourth-order valence-corrected chi connectivity index (χ4v) is 7.46. The van der Waals surface area contributed by atoms with E-state index in [0.29, 0.717) is 29.9 Å². The number of amides is 4. The molecule has 2 saturated heterocycles. The van der Waals surface area contributed by atoms with Crippen LogP contribution >= 0.6 is 0 Å². The SMILES string of the molecule is CC(C)C[C@@H]1N[C@]2(C(=O)N(CC(=O)N3CCc4ccccc43)c3ccccc32)[C@@H]2C(=O)N(c3ccccc3)C(=O)[C@@H]12. The second-order valence-corrected chi connectivity index (χ2v) is 11.9. The third-order valence-corrected chi connectivity index (χ3v) is 9.09. The Kier molecular flexibility index (Phi) is 5.87. The molecule has 1 N–H and O–H groups in total. The van der Waals surface area contributed by atoms with Crippen LogP contribution in [0.25, 0.3) is 0 Å². The molecule has 4 atom stereocenters. The molecule has 4 heterocycles. The number of hydrogen-bond acceptors (Lipinski definition) is 5. The second kappa shape index (κ2) is 9.38. The molecule has 4 aliphatic rings. The van der Waals surface area contributed by atoms with Gasteiger partial charge in [0.15, 0.2) is 0 Å². The first-order valence-electron chi connectivity index (χ1n) is 14.3. The van der Waals surface area contributed by atoms with Crippen molar-refractivity contribution in [3.05, 3.63) is 90.0 Å². The maximum atomic E-state index is 14.7. The van der Waals surface area contributed by atoms with Gasteiger partial charge in [0.25, 0.3) is 5.91 Å². The molecule has 4 amide bonds. The average Bonchev–Trinajstić information content (AvgIpc) is 3.68. The predicted molar refractivity (Wildman–Crippen MR) is 155 cm³/mol. The van der Waals surface area contributed by atoms with Gasteiger partial charge >= 0.3 is 0 Å². The molecular formula is C33H32N4O4. The van der Waals surface area contributed by atoms with Crippen molar-refractivity contribution in [3.63, 3.8) is 0 Å². The molecule has 41 heavy (non-hydrogen) atoms. The van der Waals surface area contributed by atoms with Crippen LogP contribution in [0.1, 0.15) is 31.4 Å². The highest BCUT2D eigenvalue weighted by Crippen LogP contribution is 2.55. The third-order valence-electron chi connectivity index (χ3n) is 9.09. The van der Waals surface area contributed by atoms with Gasteiger partial charge in [-0.1, -0.05) is 68.4 Å². The number of imide groups is 1. The lowest BCUT2D eigenvalue weighted by atomic mass is 9.76. The lowest BCUT2D eigenvalue weighted by molar-refractivity contribution is -0.132. The molecule has 3 aromatic rings. The van der Waals surface area contributed by atoms with E-state index in [9.17, 15) is 19.2 Å². The standard InChI is InChI=1S/C33H32N4O4/c1-20(2)18-24-28-29(31(40)37(30(28)39)22-11-4-3-5-12-22)33(34-24)23-13-7-9-15-26(23)36(32(33)41)19-27(38)35-17-16-21-10-6-8-14-25(21)35/h3-15,20,24,28-29,34H,16-19H2,1-2H3/t24-,28-,29-,33-/m0/s1. The van der Waals surface area contributed by atoms with Crippen molar-refractivity contribution < 1.29 is 19.2 Å². The van der Waals surface area contributed by atoms with E-state index >= 15 is 0 Å². The third kappa shape index (κ3) is 3.63. The zero-order chi connectivity index (χ0) is 28.5. The van der Waals surface area contributed by atoms with Gasteiger partial charge < -0.3 is 9.80 Å².